The molecular weight excluding hydrogens is 378 g/mol. The number of nitrogens with one attached hydrogen (secondary N) is 1. The van der Waals surface area contributed by atoms with E-state index in [0.29, 0.717) is 31.0 Å². The highest BCUT2D eigenvalue weighted by Gasteiger charge is 2.50. The molecule has 0 bridgehead atoms. The van der Waals surface area contributed by atoms with E-state index in [4.69, 9.17) is 0 Å². The Morgan fingerprint density at radius 2 is 2.00 bits per heavy atom. The summed E-state index contributed by atoms with van der Waals surface area (Å²) >= 11 is 0. The fraction of sp³-hybridized carbons (Fsp3) is 0.429. The minimum absolute atomic E-state index is 0.0198. The molecule has 8 heteroatoms. The lowest BCUT2D eigenvalue weighted by molar-refractivity contribution is -0.127. The first-order chi connectivity index (χ1) is 13.9. The predicted molar refractivity (Wildman–Crippen MR) is 102 cm³/mol. The maximum absolute atomic E-state index is 13.4. The Bertz CT molecular complexity index is 947. The molecule has 1 aromatic heterocycles. The molecule has 1 aromatic carbocycles. The summed E-state index contributed by atoms with van der Waals surface area (Å²) in [4.78, 5) is 35.8. The van der Waals surface area contributed by atoms with E-state index in [0.717, 1.165) is 37.5 Å². The van der Waals surface area contributed by atoms with Gasteiger partial charge in [0.1, 0.15) is 23.3 Å². The van der Waals surface area contributed by atoms with Gasteiger partial charge in [-0.25, -0.2) is 18.7 Å². The second-order valence-electron chi connectivity index (χ2n) is 7.87. The molecule has 6 nitrogen and oxygen atoms in total. The summed E-state index contributed by atoms with van der Waals surface area (Å²) in [6.45, 7) is 2.35. The largest absolute Gasteiger partial charge is 0.349 e. The standard InChI is InChI=1S/C21H22F2N4O2/c1-13-24-7-4-18(25-13)27-8-6-21(20(27)29)5-2-3-17(12-21)26-19(28)14-9-15(22)11-16(23)10-14/h4,7,9-11,17H,2-3,5-6,8,12H2,1H3,(H,26,28)/t17-,21-/m0/s1. The van der Waals surface area contributed by atoms with Crippen molar-refractivity contribution in [2.75, 3.05) is 11.4 Å². The van der Waals surface area contributed by atoms with Gasteiger partial charge in [-0.3, -0.25) is 14.5 Å². The second kappa shape index (κ2) is 7.50. The third-order valence-electron chi connectivity index (χ3n) is 5.86. The van der Waals surface area contributed by atoms with Crippen molar-refractivity contribution in [3.05, 3.63) is 53.5 Å². The summed E-state index contributed by atoms with van der Waals surface area (Å²) in [5, 5.41) is 2.86. The van der Waals surface area contributed by atoms with Crippen LogP contribution in [0.5, 0.6) is 0 Å². The van der Waals surface area contributed by atoms with Crippen molar-refractivity contribution in [2.24, 2.45) is 5.41 Å². The van der Waals surface area contributed by atoms with Gasteiger partial charge in [0, 0.05) is 30.4 Å². The van der Waals surface area contributed by atoms with Crippen LogP contribution < -0.4 is 10.2 Å². The van der Waals surface area contributed by atoms with Gasteiger partial charge in [0.25, 0.3) is 5.91 Å². The van der Waals surface area contributed by atoms with E-state index in [2.05, 4.69) is 15.3 Å². The number of halogens is 2. The molecule has 29 heavy (non-hydrogen) atoms. The van der Waals surface area contributed by atoms with Crippen LogP contribution in [0.15, 0.2) is 30.5 Å². The fourth-order valence-corrected chi connectivity index (χ4v) is 4.49. The Kier molecular flexibility index (Phi) is 5.02. The van der Waals surface area contributed by atoms with Crippen LogP contribution in [0.1, 0.15) is 48.3 Å². The fourth-order valence-electron chi connectivity index (χ4n) is 4.49. The lowest BCUT2D eigenvalue weighted by Gasteiger charge is -2.36. The molecular formula is C21H22F2N4O2. The SMILES string of the molecule is Cc1nccc(N2CC[C@]3(CCC[C@H](NC(=O)c4cc(F)cc(F)c4)C3)C2=O)n1. The van der Waals surface area contributed by atoms with Crippen molar-refractivity contribution < 1.29 is 18.4 Å². The second-order valence-corrected chi connectivity index (χ2v) is 7.87. The molecule has 152 valence electrons. The van der Waals surface area contributed by atoms with E-state index in [1.54, 1.807) is 24.1 Å². The monoisotopic (exact) mass is 400 g/mol. The number of carbonyl (C=O) groups excluding carboxylic acids is 2. The van der Waals surface area contributed by atoms with E-state index in [1.807, 2.05) is 0 Å². The average molecular weight is 400 g/mol. The van der Waals surface area contributed by atoms with E-state index in [1.165, 1.54) is 0 Å². The number of benzene rings is 1. The minimum Gasteiger partial charge on any atom is -0.349 e. The predicted octanol–water partition coefficient (Wildman–Crippen LogP) is 3.16. The van der Waals surface area contributed by atoms with Crippen LogP contribution in [0, 0.1) is 24.0 Å². The summed E-state index contributed by atoms with van der Waals surface area (Å²) in [6, 6.07) is 4.25. The maximum Gasteiger partial charge on any atom is 0.251 e. The molecule has 2 fully saturated rings. The van der Waals surface area contributed by atoms with E-state index in [-0.39, 0.29) is 17.5 Å². The number of aromatic nitrogens is 2. The molecule has 0 radical (unpaired) electrons. The minimum atomic E-state index is -0.794. The quantitative estimate of drug-likeness (QED) is 0.859. The third kappa shape index (κ3) is 3.83. The van der Waals surface area contributed by atoms with E-state index < -0.39 is 23.0 Å². The number of aryl methyl sites for hydroxylation is 1. The summed E-state index contributed by atoms with van der Waals surface area (Å²) in [6.07, 6.45) is 5.12. The lowest BCUT2D eigenvalue weighted by Crippen LogP contribution is -2.46. The van der Waals surface area contributed by atoms with Gasteiger partial charge in [0.2, 0.25) is 5.91 Å². The Morgan fingerprint density at radius 3 is 2.72 bits per heavy atom. The molecule has 2 amide bonds. The number of rotatable bonds is 3. The number of nitrogens with zero attached hydrogens (tertiary/aromatic N) is 3. The zero-order valence-corrected chi connectivity index (χ0v) is 16.1. The molecule has 0 unspecified atom stereocenters. The van der Waals surface area contributed by atoms with Crippen LogP contribution in [0.3, 0.4) is 0 Å². The molecule has 1 aliphatic carbocycles. The summed E-state index contributed by atoms with van der Waals surface area (Å²) in [5.74, 6) is -0.896. The van der Waals surface area contributed by atoms with Gasteiger partial charge in [0.05, 0.1) is 5.41 Å². The van der Waals surface area contributed by atoms with Crippen LogP contribution in [0.2, 0.25) is 0 Å². The van der Waals surface area contributed by atoms with Gasteiger partial charge < -0.3 is 5.32 Å². The zero-order chi connectivity index (χ0) is 20.6. The first-order valence-electron chi connectivity index (χ1n) is 9.75. The van der Waals surface area contributed by atoms with Crippen LogP contribution in [-0.4, -0.2) is 34.4 Å². The molecule has 2 aliphatic rings. The van der Waals surface area contributed by atoms with E-state index >= 15 is 0 Å². The third-order valence-corrected chi connectivity index (χ3v) is 5.86. The van der Waals surface area contributed by atoms with Crippen molar-refractivity contribution >= 4 is 17.6 Å². The molecule has 2 atom stereocenters. The van der Waals surface area contributed by atoms with Crippen molar-refractivity contribution in [1.82, 2.24) is 15.3 Å². The van der Waals surface area contributed by atoms with Crippen LogP contribution in [-0.2, 0) is 4.79 Å². The van der Waals surface area contributed by atoms with Gasteiger partial charge in [-0.05, 0) is 50.8 Å². The highest BCUT2D eigenvalue weighted by molar-refractivity contribution is 5.99. The van der Waals surface area contributed by atoms with Crippen LogP contribution in [0.4, 0.5) is 14.6 Å². The zero-order valence-electron chi connectivity index (χ0n) is 16.1. The first kappa shape index (κ1) is 19.4. The number of carbonyl (C=O) groups is 2. The molecule has 2 aromatic rings. The van der Waals surface area contributed by atoms with Crippen molar-refractivity contribution in [3.8, 4) is 0 Å². The highest BCUT2D eigenvalue weighted by Crippen LogP contribution is 2.45. The number of anilines is 1. The first-order valence-corrected chi connectivity index (χ1v) is 9.75. The van der Waals surface area contributed by atoms with Crippen LogP contribution in [0.25, 0.3) is 0 Å². The topological polar surface area (TPSA) is 75.2 Å². The normalized spacial score (nSPS) is 24.2. The van der Waals surface area contributed by atoms with Crippen LogP contribution >= 0.6 is 0 Å². The van der Waals surface area contributed by atoms with Gasteiger partial charge in [-0.1, -0.05) is 6.42 Å². The number of hydrogen-bond donors (Lipinski definition) is 1. The molecule has 1 aliphatic heterocycles. The number of amides is 2. The van der Waals surface area contributed by atoms with Gasteiger partial charge >= 0.3 is 0 Å². The Balaban J connectivity index is 1.48. The number of hydrogen-bond acceptors (Lipinski definition) is 4. The molecule has 2 heterocycles. The Hall–Kier alpha value is -2.90. The van der Waals surface area contributed by atoms with Crippen molar-refractivity contribution in [1.29, 1.82) is 0 Å². The maximum atomic E-state index is 13.4. The van der Waals surface area contributed by atoms with E-state index in [9.17, 15) is 18.4 Å². The molecule has 4 rings (SSSR count). The lowest BCUT2D eigenvalue weighted by atomic mass is 9.71. The molecule has 1 spiro atoms. The van der Waals surface area contributed by atoms with Crippen molar-refractivity contribution in [2.45, 2.75) is 45.1 Å². The summed E-state index contributed by atoms with van der Waals surface area (Å²) in [7, 11) is 0. The molecule has 1 saturated carbocycles. The van der Waals surface area contributed by atoms with Gasteiger partial charge in [-0.2, -0.15) is 0 Å². The molecule has 1 saturated heterocycles. The van der Waals surface area contributed by atoms with Crippen molar-refractivity contribution in [3.63, 3.8) is 0 Å². The smallest absolute Gasteiger partial charge is 0.251 e. The summed E-state index contributed by atoms with van der Waals surface area (Å²) < 4.78 is 26.8. The van der Waals surface area contributed by atoms with Gasteiger partial charge in [-0.15, -0.1) is 0 Å². The Labute approximate surface area is 167 Å². The molecule has 1 N–H and O–H groups in total. The Morgan fingerprint density at radius 1 is 1.24 bits per heavy atom. The van der Waals surface area contributed by atoms with Gasteiger partial charge in [0.15, 0.2) is 0 Å². The summed E-state index contributed by atoms with van der Waals surface area (Å²) in [5.41, 5.74) is -0.597. The average Bonchev–Trinajstić information content (AvgIpc) is 2.97. The highest BCUT2D eigenvalue weighted by atomic mass is 19.1.